The molecule has 0 radical (unpaired) electrons. The van der Waals surface area contributed by atoms with Gasteiger partial charge in [0.2, 0.25) is 11.8 Å². The third-order valence-corrected chi connectivity index (χ3v) is 6.72. The van der Waals surface area contributed by atoms with Crippen LogP contribution in [0.5, 0.6) is 0 Å². The maximum atomic E-state index is 13.9. The van der Waals surface area contributed by atoms with Gasteiger partial charge < -0.3 is 10.2 Å². The Balaban J connectivity index is 1.59. The molecule has 2 fully saturated rings. The predicted molar refractivity (Wildman–Crippen MR) is 137 cm³/mol. The Hall–Kier alpha value is -3.74. The van der Waals surface area contributed by atoms with Gasteiger partial charge in [0.15, 0.2) is 0 Å². The smallest absolute Gasteiger partial charge is 0.252 e. The summed E-state index contributed by atoms with van der Waals surface area (Å²) in [6.07, 6.45) is 4.98. The van der Waals surface area contributed by atoms with Gasteiger partial charge in [0, 0.05) is 19.0 Å². The Labute approximate surface area is 212 Å². The number of amides is 4. The maximum Gasteiger partial charge on any atom is 0.252 e. The SMILES string of the molecule is CC(C)C[C@@H]1NC(=O)[C@@H](Cc2ccccc2)N(C(=O)[C@@H]2CCCN2C(=O)C=Cc2ccccc2)C1=O. The monoisotopic (exact) mass is 487 g/mol. The van der Waals surface area contributed by atoms with Gasteiger partial charge in [-0.3, -0.25) is 24.1 Å². The molecule has 0 spiro atoms. The number of hydrogen-bond acceptors (Lipinski definition) is 4. The largest absolute Gasteiger partial charge is 0.342 e. The number of carbonyl (C=O) groups is 4. The lowest BCUT2D eigenvalue weighted by Gasteiger charge is -2.40. The van der Waals surface area contributed by atoms with Gasteiger partial charge in [-0.05, 0) is 42.4 Å². The van der Waals surface area contributed by atoms with E-state index in [1.807, 2.05) is 74.5 Å². The lowest BCUT2D eigenvalue weighted by atomic mass is 9.94. The molecule has 0 aliphatic carbocycles. The molecule has 1 N–H and O–H groups in total. The Kier molecular flexibility index (Phi) is 7.98. The van der Waals surface area contributed by atoms with Crippen LogP contribution in [0.15, 0.2) is 66.7 Å². The Bertz CT molecular complexity index is 1130. The van der Waals surface area contributed by atoms with E-state index in [1.54, 1.807) is 6.08 Å². The molecule has 7 nitrogen and oxygen atoms in total. The van der Waals surface area contributed by atoms with E-state index in [-0.39, 0.29) is 24.2 Å². The summed E-state index contributed by atoms with van der Waals surface area (Å²) in [6, 6.07) is 16.3. The van der Waals surface area contributed by atoms with Crippen molar-refractivity contribution in [3.63, 3.8) is 0 Å². The van der Waals surface area contributed by atoms with Crippen molar-refractivity contribution in [3.8, 4) is 0 Å². The van der Waals surface area contributed by atoms with Crippen molar-refractivity contribution in [2.75, 3.05) is 6.54 Å². The number of benzene rings is 2. The zero-order valence-corrected chi connectivity index (χ0v) is 20.8. The Morgan fingerprint density at radius 2 is 1.69 bits per heavy atom. The topological polar surface area (TPSA) is 86.8 Å². The first-order valence-electron chi connectivity index (χ1n) is 12.6. The van der Waals surface area contributed by atoms with E-state index in [9.17, 15) is 19.2 Å². The number of rotatable bonds is 7. The summed E-state index contributed by atoms with van der Waals surface area (Å²) < 4.78 is 0. The van der Waals surface area contributed by atoms with Gasteiger partial charge in [-0.2, -0.15) is 0 Å². The van der Waals surface area contributed by atoms with Crippen LogP contribution >= 0.6 is 0 Å². The van der Waals surface area contributed by atoms with E-state index in [2.05, 4.69) is 5.32 Å². The van der Waals surface area contributed by atoms with Crippen molar-refractivity contribution >= 4 is 29.7 Å². The van der Waals surface area contributed by atoms with E-state index in [1.165, 1.54) is 11.0 Å². The zero-order valence-electron chi connectivity index (χ0n) is 20.8. The Morgan fingerprint density at radius 3 is 2.36 bits per heavy atom. The molecule has 0 saturated carbocycles. The van der Waals surface area contributed by atoms with E-state index in [4.69, 9.17) is 0 Å². The molecule has 2 saturated heterocycles. The first-order valence-corrected chi connectivity index (χ1v) is 12.6. The summed E-state index contributed by atoms with van der Waals surface area (Å²) in [7, 11) is 0. The molecule has 0 bridgehead atoms. The minimum absolute atomic E-state index is 0.162. The summed E-state index contributed by atoms with van der Waals surface area (Å²) in [5, 5.41) is 2.84. The van der Waals surface area contributed by atoms with Crippen molar-refractivity contribution in [2.45, 2.75) is 57.7 Å². The van der Waals surface area contributed by atoms with Crippen LogP contribution in [0.3, 0.4) is 0 Å². The molecule has 0 aromatic heterocycles. The molecule has 4 rings (SSSR count). The van der Waals surface area contributed by atoms with Gasteiger partial charge in [-0.25, -0.2) is 0 Å². The number of likely N-dealkylation sites (tertiary alicyclic amines) is 1. The third-order valence-electron chi connectivity index (χ3n) is 6.72. The summed E-state index contributed by atoms with van der Waals surface area (Å²) in [4.78, 5) is 56.4. The molecule has 2 aliphatic rings. The van der Waals surface area contributed by atoms with Crippen LogP contribution in [0.1, 0.15) is 44.2 Å². The number of nitrogens with zero attached hydrogens (tertiary/aromatic N) is 2. The van der Waals surface area contributed by atoms with Crippen molar-refractivity contribution in [2.24, 2.45) is 5.92 Å². The minimum atomic E-state index is -0.951. The number of piperazine rings is 1. The van der Waals surface area contributed by atoms with Crippen LogP contribution in [-0.4, -0.2) is 58.1 Å². The molecule has 2 heterocycles. The van der Waals surface area contributed by atoms with E-state index in [0.717, 1.165) is 16.0 Å². The first kappa shape index (κ1) is 25.4. The van der Waals surface area contributed by atoms with Gasteiger partial charge in [-0.1, -0.05) is 74.5 Å². The molecule has 36 heavy (non-hydrogen) atoms. The normalized spacial score (nSPS) is 22.4. The lowest BCUT2D eigenvalue weighted by Crippen LogP contribution is -2.67. The number of imide groups is 1. The molecule has 7 heteroatoms. The number of carbonyl (C=O) groups excluding carboxylic acids is 4. The van der Waals surface area contributed by atoms with E-state index >= 15 is 0 Å². The molecule has 0 unspecified atom stereocenters. The highest BCUT2D eigenvalue weighted by molar-refractivity contribution is 6.09. The fraction of sp³-hybridized carbons (Fsp3) is 0.379. The zero-order chi connectivity index (χ0) is 25.7. The van der Waals surface area contributed by atoms with Gasteiger partial charge in [0.25, 0.3) is 11.8 Å². The summed E-state index contributed by atoms with van der Waals surface area (Å²) in [5.41, 5.74) is 1.74. The second kappa shape index (κ2) is 11.3. The molecule has 2 aromatic rings. The minimum Gasteiger partial charge on any atom is -0.342 e. The molecule has 2 aliphatic heterocycles. The van der Waals surface area contributed by atoms with Gasteiger partial charge in [-0.15, -0.1) is 0 Å². The Morgan fingerprint density at radius 1 is 1.03 bits per heavy atom. The van der Waals surface area contributed by atoms with Crippen LogP contribution in [0.2, 0.25) is 0 Å². The summed E-state index contributed by atoms with van der Waals surface area (Å²) in [5.74, 6) is -1.31. The number of nitrogens with one attached hydrogen (secondary N) is 1. The molecular formula is C29H33N3O4. The first-order chi connectivity index (χ1) is 17.3. The van der Waals surface area contributed by atoms with Crippen LogP contribution in [0, 0.1) is 5.92 Å². The van der Waals surface area contributed by atoms with Crippen molar-refractivity contribution < 1.29 is 19.2 Å². The number of hydrogen-bond donors (Lipinski definition) is 1. The van der Waals surface area contributed by atoms with Crippen molar-refractivity contribution in [3.05, 3.63) is 77.9 Å². The highest BCUT2D eigenvalue weighted by atomic mass is 16.2. The van der Waals surface area contributed by atoms with E-state index in [0.29, 0.717) is 25.8 Å². The second-order valence-electron chi connectivity index (χ2n) is 9.88. The molecular weight excluding hydrogens is 454 g/mol. The van der Waals surface area contributed by atoms with Crippen LogP contribution < -0.4 is 5.32 Å². The van der Waals surface area contributed by atoms with E-state index < -0.39 is 29.9 Å². The highest BCUT2D eigenvalue weighted by Gasteiger charge is 2.47. The average Bonchev–Trinajstić information content (AvgIpc) is 3.37. The van der Waals surface area contributed by atoms with Crippen LogP contribution in [0.4, 0.5) is 0 Å². The van der Waals surface area contributed by atoms with Crippen LogP contribution in [-0.2, 0) is 25.6 Å². The molecule has 188 valence electrons. The molecule has 3 atom stereocenters. The van der Waals surface area contributed by atoms with Crippen LogP contribution in [0.25, 0.3) is 6.08 Å². The fourth-order valence-electron chi connectivity index (χ4n) is 4.96. The quantitative estimate of drug-likeness (QED) is 0.480. The maximum absolute atomic E-state index is 13.9. The van der Waals surface area contributed by atoms with Gasteiger partial charge in [0.05, 0.1) is 0 Å². The van der Waals surface area contributed by atoms with Crippen molar-refractivity contribution in [1.82, 2.24) is 15.1 Å². The van der Waals surface area contributed by atoms with Crippen molar-refractivity contribution in [1.29, 1.82) is 0 Å². The molecule has 4 amide bonds. The predicted octanol–water partition coefficient (Wildman–Crippen LogP) is 3.20. The standard InChI is InChI=1S/C29H33N3O4/c1-20(2)18-23-28(35)32(25(27(34)30-23)19-22-12-7-4-8-13-22)29(36)24-14-9-17-31(24)26(33)16-15-21-10-5-3-6-11-21/h3-8,10-13,15-16,20,23-25H,9,14,17-19H2,1-2H3,(H,30,34)/t23-,24-,25+/m0/s1. The summed E-state index contributed by atoms with van der Waals surface area (Å²) >= 11 is 0. The highest BCUT2D eigenvalue weighted by Crippen LogP contribution is 2.25. The lowest BCUT2D eigenvalue weighted by molar-refractivity contribution is -0.161. The average molecular weight is 488 g/mol. The summed E-state index contributed by atoms with van der Waals surface area (Å²) in [6.45, 7) is 4.37. The second-order valence-corrected chi connectivity index (χ2v) is 9.88. The van der Waals surface area contributed by atoms with Gasteiger partial charge >= 0.3 is 0 Å². The fourth-order valence-corrected chi connectivity index (χ4v) is 4.96. The molecule has 2 aromatic carbocycles. The third kappa shape index (κ3) is 5.73. The van der Waals surface area contributed by atoms with Gasteiger partial charge in [0.1, 0.15) is 18.1 Å².